The maximum atomic E-state index is 5.42. The number of hydrogen-bond acceptors (Lipinski definition) is 3. The molecule has 0 spiro atoms. The fraction of sp³-hybridized carbons (Fsp3) is 0.109. The van der Waals surface area contributed by atoms with Crippen LogP contribution in [-0.2, 0) is 6.54 Å². The maximum Gasteiger partial charge on any atom is 0.0700 e. The zero-order chi connectivity index (χ0) is 40.9. The van der Waals surface area contributed by atoms with Gasteiger partial charge in [-0.3, -0.25) is 4.99 Å². The third kappa shape index (κ3) is 10.1. The highest BCUT2D eigenvalue weighted by molar-refractivity contribution is 6.01. The minimum absolute atomic E-state index is 0.236. The Labute approximate surface area is 345 Å². The topological polar surface area (TPSA) is 50.4 Å². The number of nitrogens with two attached hydrogens (primary N) is 1. The highest BCUT2D eigenvalue weighted by Gasteiger charge is 2.14. The molecule has 3 nitrogen and oxygen atoms in total. The largest absolute Gasteiger partial charge is 0.399 e. The van der Waals surface area contributed by atoms with Gasteiger partial charge in [-0.2, -0.15) is 0 Å². The Kier molecular flexibility index (Phi) is 14.0. The molecule has 0 aliphatic carbocycles. The lowest BCUT2D eigenvalue weighted by molar-refractivity contribution is 0.575. The monoisotopic (exact) mass is 755 g/mol. The summed E-state index contributed by atoms with van der Waals surface area (Å²) in [7, 11) is 0. The molecule has 0 fully saturated rings. The van der Waals surface area contributed by atoms with E-state index in [1.807, 2.05) is 43.3 Å². The Morgan fingerprint density at radius 1 is 0.655 bits per heavy atom. The van der Waals surface area contributed by atoms with E-state index >= 15 is 0 Å². The molecule has 0 heterocycles. The van der Waals surface area contributed by atoms with Gasteiger partial charge in [-0.15, -0.1) is 0 Å². The van der Waals surface area contributed by atoms with Gasteiger partial charge in [0, 0.05) is 24.5 Å². The molecular weight excluding hydrogens is 703 g/mol. The Hall–Kier alpha value is -6.81. The molecule has 0 saturated heterocycles. The Morgan fingerprint density at radius 3 is 1.79 bits per heavy atom. The normalized spacial score (nSPS) is 11.9. The lowest BCUT2D eigenvalue weighted by atomic mass is 9.90. The first-order valence-electron chi connectivity index (χ1n) is 19.9. The summed E-state index contributed by atoms with van der Waals surface area (Å²) in [6.45, 7) is 16.9. The third-order valence-electron chi connectivity index (χ3n) is 10.4. The van der Waals surface area contributed by atoms with E-state index in [4.69, 9.17) is 10.7 Å². The van der Waals surface area contributed by atoms with Gasteiger partial charge in [0.1, 0.15) is 0 Å². The van der Waals surface area contributed by atoms with E-state index < -0.39 is 0 Å². The van der Waals surface area contributed by atoms with Crippen LogP contribution in [0.15, 0.2) is 194 Å². The van der Waals surface area contributed by atoms with Crippen LogP contribution < -0.4 is 11.1 Å². The Morgan fingerprint density at radius 2 is 1.22 bits per heavy atom. The first-order valence-corrected chi connectivity index (χ1v) is 19.9. The number of hydrogen-bond donors (Lipinski definition) is 2. The Balaban J connectivity index is 0.000000557. The molecule has 0 aliphatic rings. The van der Waals surface area contributed by atoms with E-state index in [0.717, 1.165) is 23.4 Å². The van der Waals surface area contributed by atoms with Crippen LogP contribution in [0.3, 0.4) is 0 Å². The maximum absolute atomic E-state index is 5.42. The zero-order valence-electron chi connectivity index (χ0n) is 34.1. The van der Waals surface area contributed by atoms with Crippen molar-refractivity contribution in [1.29, 1.82) is 0 Å². The van der Waals surface area contributed by atoms with E-state index in [1.165, 1.54) is 66.4 Å². The van der Waals surface area contributed by atoms with Gasteiger partial charge in [-0.05, 0) is 129 Å². The second-order valence-electron chi connectivity index (χ2n) is 14.4. The number of nitrogens with one attached hydrogen (secondary N) is 1. The van der Waals surface area contributed by atoms with E-state index in [9.17, 15) is 0 Å². The molecule has 1 atom stereocenters. The van der Waals surface area contributed by atoms with Crippen molar-refractivity contribution in [2.45, 2.75) is 40.3 Å². The standard InChI is InChI=1S/C47H44N2.C8H9N/c1-6-8-10-24-44-33(3)47(48-27-7-2)34(4)45-26-25-43(31-46(44)45)42-23-15-22-41(30-42)40-21-14-20-39(29-40)38-19-13-18-37(28-38)35(5)49-32-36-16-11-9-12-17-36;1-7(9)8-5-3-2-4-6-8/h6-31,35,49H,2,32H2,1,3-5H3;2-6H,1,9H2/b8-6-,24-10-,48-27?;. The van der Waals surface area contributed by atoms with Crippen molar-refractivity contribution < 1.29 is 0 Å². The second kappa shape index (κ2) is 19.9. The SMILES string of the molecule is C=C(N)c1ccccc1.C=CC=Nc1c(C)c(/C=C\C=C/C)c2cc(-c3cccc(-c4cccc(-c5cccc(C(C)NCc6ccccc6)c5)c4)c3)ccc2c1C. The molecule has 0 aliphatic heterocycles. The smallest absolute Gasteiger partial charge is 0.0700 e. The van der Waals surface area contributed by atoms with Crippen molar-refractivity contribution in [1.82, 2.24) is 5.32 Å². The van der Waals surface area contributed by atoms with Crippen molar-refractivity contribution in [3.8, 4) is 33.4 Å². The number of aliphatic imine (C=N–C) groups is 1. The quantitative estimate of drug-likeness (QED) is 0.0964. The predicted molar refractivity (Wildman–Crippen MR) is 253 cm³/mol. The minimum atomic E-state index is 0.236. The molecule has 0 aromatic heterocycles. The predicted octanol–water partition coefficient (Wildman–Crippen LogP) is 14.4. The van der Waals surface area contributed by atoms with Crippen molar-refractivity contribution in [3.05, 3.63) is 223 Å². The van der Waals surface area contributed by atoms with Crippen LogP contribution in [-0.4, -0.2) is 6.21 Å². The molecule has 7 rings (SSSR count). The summed E-state index contributed by atoms with van der Waals surface area (Å²) in [6, 6.07) is 54.0. The summed E-state index contributed by atoms with van der Waals surface area (Å²) < 4.78 is 0. The van der Waals surface area contributed by atoms with E-state index in [0.29, 0.717) is 5.70 Å². The molecule has 288 valence electrons. The van der Waals surface area contributed by atoms with Crippen LogP contribution in [0.25, 0.3) is 55.9 Å². The van der Waals surface area contributed by atoms with Crippen LogP contribution >= 0.6 is 0 Å². The lowest BCUT2D eigenvalue weighted by Crippen LogP contribution is -2.18. The van der Waals surface area contributed by atoms with Crippen LogP contribution in [0.5, 0.6) is 0 Å². The summed E-state index contributed by atoms with van der Waals surface area (Å²) in [5.74, 6) is 0. The average Bonchev–Trinajstić information content (AvgIpc) is 3.27. The van der Waals surface area contributed by atoms with Gasteiger partial charge in [-0.25, -0.2) is 0 Å². The molecule has 7 aromatic carbocycles. The fourth-order valence-corrected chi connectivity index (χ4v) is 7.19. The molecule has 58 heavy (non-hydrogen) atoms. The molecule has 0 saturated carbocycles. The molecule has 3 N–H and O–H groups in total. The molecule has 3 heteroatoms. The second-order valence-corrected chi connectivity index (χ2v) is 14.4. The molecule has 7 aromatic rings. The van der Waals surface area contributed by atoms with Crippen LogP contribution in [0.1, 0.15) is 53.3 Å². The highest BCUT2D eigenvalue weighted by Crippen LogP contribution is 2.39. The molecular formula is C55H53N3. The van der Waals surface area contributed by atoms with Gasteiger partial charge in [0.15, 0.2) is 0 Å². The van der Waals surface area contributed by atoms with Crippen molar-refractivity contribution in [2.24, 2.45) is 10.7 Å². The molecule has 0 amide bonds. The molecule has 0 radical (unpaired) electrons. The van der Waals surface area contributed by atoms with Crippen molar-refractivity contribution in [2.75, 3.05) is 0 Å². The summed E-state index contributed by atoms with van der Waals surface area (Å²) in [5, 5.41) is 6.12. The van der Waals surface area contributed by atoms with E-state index in [1.54, 1.807) is 12.3 Å². The highest BCUT2D eigenvalue weighted by atomic mass is 14.9. The summed E-state index contributed by atoms with van der Waals surface area (Å²) in [4.78, 5) is 4.75. The van der Waals surface area contributed by atoms with Gasteiger partial charge >= 0.3 is 0 Å². The fourth-order valence-electron chi connectivity index (χ4n) is 7.19. The van der Waals surface area contributed by atoms with Gasteiger partial charge < -0.3 is 11.1 Å². The summed E-state index contributed by atoms with van der Waals surface area (Å²) in [6.07, 6.45) is 11.9. The van der Waals surface area contributed by atoms with E-state index in [-0.39, 0.29) is 6.04 Å². The number of allylic oxidation sites excluding steroid dienone is 4. The number of aryl methyl sites for hydroxylation is 1. The van der Waals surface area contributed by atoms with Crippen molar-refractivity contribution >= 4 is 34.4 Å². The van der Waals surface area contributed by atoms with Gasteiger partial charge in [0.2, 0.25) is 0 Å². The first kappa shape index (κ1) is 40.8. The van der Waals surface area contributed by atoms with Gasteiger partial charge in [-0.1, -0.05) is 171 Å². The van der Waals surface area contributed by atoms with Crippen LogP contribution in [0, 0.1) is 13.8 Å². The molecule has 1 unspecified atom stereocenters. The Bertz CT molecular complexity index is 2590. The average molecular weight is 756 g/mol. The third-order valence-corrected chi connectivity index (χ3v) is 10.4. The minimum Gasteiger partial charge on any atom is -0.399 e. The number of rotatable bonds is 12. The summed E-state index contributed by atoms with van der Waals surface area (Å²) >= 11 is 0. The van der Waals surface area contributed by atoms with E-state index in [2.05, 4.69) is 179 Å². The summed E-state index contributed by atoms with van der Waals surface area (Å²) in [5.41, 5.74) is 21.4. The number of fused-ring (bicyclic) bond motifs is 1. The van der Waals surface area contributed by atoms with Crippen LogP contribution in [0.4, 0.5) is 5.69 Å². The lowest BCUT2D eigenvalue weighted by Gasteiger charge is -2.16. The number of nitrogens with zero attached hydrogens (tertiary/aromatic N) is 1. The zero-order valence-corrected chi connectivity index (χ0v) is 34.1. The van der Waals surface area contributed by atoms with Gasteiger partial charge in [0.05, 0.1) is 5.69 Å². The van der Waals surface area contributed by atoms with Gasteiger partial charge in [0.25, 0.3) is 0 Å². The number of benzene rings is 7. The first-order chi connectivity index (χ1) is 28.3. The molecule has 0 bridgehead atoms. The van der Waals surface area contributed by atoms with Crippen LogP contribution in [0.2, 0.25) is 0 Å². The van der Waals surface area contributed by atoms with Crippen molar-refractivity contribution in [3.63, 3.8) is 0 Å².